The molecule has 0 spiro atoms. The lowest BCUT2D eigenvalue weighted by Gasteiger charge is -2.20. The van der Waals surface area contributed by atoms with Crippen molar-refractivity contribution in [2.24, 2.45) is 5.92 Å². The minimum absolute atomic E-state index is 0.0481. The summed E-state index contributed by atoms with van der Waals surface area (Å²) < 4.78 is 10.9. The number of hydrogen-bond donors (Lipinski definition) is 5. The molecule has 0 aromatic heterocycles. The molecule has 3 rings (SSSR count). The van der Waals surface area contributed by atoms with Crippen molar-refractivity contribution < 1.29 is 28.7 Å². The van der Waals surface area contributed by atoms with Crippen LogP contribution in [0, 0.1) is 5.92 Å². The van der Waals surface area contributed by atoms with Crippen molar-refractivity contribution in [3.63, 3.8) is 0 Å². The third-order valence-corrected chi connectivity index (χ3v) is 5.48. The van der Waals surface area contributed by atoms with E-state index in [0.717, 1.165) is 11.1 Å². The predicted octanol–water partition coefficient (Wildman–Crippen LogP) is 3.58. The fourth-order valence-corrected chi connectivity index (χ4v) is 3.48. The molecule has 0 bridgehead atoms. The molecule has 11 nitrogen and oxygen atoms in total. The van der Waals surface area contributed by atoms with Crippen molar-refractivity contribution >= 4 is 23.9 Å². The van der Waals surface area contributed by atoms with Crippen LogP contribution in [0.4, 0.5) is 9.59 Å². The summed E-state index contributed by atoms with van der Waals surface area (Å²) in [5.74, 6) is -0.578. The largest absolute Gasteiger partial charge is 0.489 e. The number of benzene rings is 3. The second-order valence-corrected chi connectivity index (χ2v) is 9.21. The van der Waals surface area contributed by atoms with Gasteiger partial charge in [-0.1, -0.05) is 74.5 Å². The number of carbonyl (C=O) groups is 4. The number of urea groups is 1. The number of rotatable bonds is 10. The number of nitrogens with one attached hydrogen (secondary N) is 5. The molecule has 0 heterocycles. The lowest BCUT2D eigenvalue weighted by Crippen LogP contribution is -2.56. The Morgan fingerprint density at radius 2 is 1.27 bits per heavy atom. The smallest absolute Gasteiger partial charge is 0.408 e. The predicted molar refractivity (Wildman–Crippen MR) is 147 cm³/mol. The van der Waals surface area contributed by atoms with Crippen LogP contribution in [0.15, 0.2) is 84.9 Å². The fourth-order valence-electron chi connectivity index (χ4n) is 3.48. The van der Waals surface area contributed by atoms with E-state index in [9.17, 15) is 19.2 Å². The van der Waals surface area contributed by atoms with E-state index in [1.807, 2.05) is 74.5 Å². The summed E-state index contributed by atoms with van der Waals surface area (Å²) in [6.45, 7) is 4.21. The standard InChI is InChI=1S/C29H33N5O6/c1-20(2)17-25(30-29(38)40-19-22-11-7-4-8-12-22)27(36)32-34-28(37)33-31-26(35)23-13-15-24(16-14-23)39-18-21-9-5-3-6-10-21/h3-16,20,25H,17-19H2,1-2H3,(H,30,38)(H,31,35)(H,32,36)(H2,33,34,37)/t25-/m0/s1. The summed E-state index contributed by atoms with van der Waals surface area (Å²) in [5, 5.41) is 2.51. The van der Waals surface area contributed by atoms with Crippen molar-refractivity contribution in [1.82, 2.24) is 27.0 Å². The Balaban J connectivity index is 1.40. The van der Waals surface area contributed by atoms with Crippen molar-refractivity contribution in [3.8, 4) is 5.75 Å². The highest BCUT2D eigenvalue weighted by atomic mass is 16.5. The van der Waals surface area contributed by atoms with Gasteiger partial charge in [0.15, 0.2) is 0 Å². The van der Waals surface area contributed by atoms with Gasteiger partial charge in [-0.3, -0.25) is 20.4 Å². The van der Waals surface area contributed by atoms with Gasteiger partial charge in [-0.15, -0.1) is 0 Å². The lowest BCUT2D eigenvalue weighted by molar-refractivity contribution is -0.124. The highest BCUT2D eigenvalue weighted by Crippen LogP contribution is 2.14. The van der Waals surface area contributed by atoms with Crippen LogP contribution in [0.5, 0.6) is 5.75 Å². The van der Waals surface area contributed by atoms with E-state index in [1.165, 1.54) is 0 Å². The van der Waals surface area contributed by atoms with Crippen LogP contribution in [-0.2, 0) is 22.7 Å². The minimum Gasteiger partial charge on any atom is -0.489 e. The van der Waals surface area contributed by atoms with Gasteiger partial charge >= 0.3 is 12.1 Å². The van der Waals surface area contributed by atoms with E-state index in [2.05, 4.69) is 27.0 Å². The molecule has 5 amide bonds. The summed E-state index contributed by atoms with van der Waals surface area (Å²) in [4.78, 5) is 49.3. The van der Waals surface area contributed by atoms with Crippen LogP contribution < -0.4 is 31.8 Å². The third-order valence-electron chi connectivity index (χ3n) is 5.48. The molecular weight excluding hydrogens is 514 g/mol. The van der Waals surface area contributed by atoms with E-state index in [0.29, 0.717) is 18.8 Å². The van der Waals surface area contributed by atoms with Gasteiger partial charge in [0.1, 0.15) is 25.0 Å². The van der Waals surface area contributed by atoms with Crippen molar-refractivity contribution in [2.45, 2.75) is 39.5 Å². The van der Waals surface area contributed by atoms with Crippen molar-refractivity contribution in [3.05, 3.63) is 102 Å². The zero-order chi connectivity index (χ0) is 28.7. The first kappa shape index (κ1) is 29.5. The van der Waals surface area contributed by atoms with Crippen LogP contribution in [-0.4, -0.2) is 30.0 Å². The normalized spacial score (nSPS) is 11.1. The quantitative estimate of drug-likeness (QED) is 0.245. The molecule has 0 aliphatic heterocycles. The Hall–Kier alpha value is -5.06. The Morgan fingerprint density at radius 3 is 1.88 bits per heavy atom. The van der Waals surface area contributed by atoms with Crippen LogP contribution in [0.2, 0.25) is 0 Å². The van der Waals surface area contributed by atoms with Gasteiger partial charge in [-0.25, -0.2) is 20.4 Å². The number of hydrazine groups is 2. The molecule has 5 N–H and O–H groups in total. The SMILES string of the molecule is CC(C)C[C@H](NC(=O)OCc1ccccc1)C(=O)NNC(=O)NNC(=O)c1ccc(OCc2ccccc2)cc1. The molecule has 11 heteroatoms. The van der Waals surface area contributed by atoms with Crippen LogP contribution >= 0.6 is 0 Å². The highest BCUT2D eigenvalue weighted by molar-refractivity contribution is 5.95. The minimum atomic E-state index is -0.958. The molecule has 3 aromatic rings. The van der Waals surface area contributed by atoms with Gasteiger partial charge in [-0.05, 0) is 47.7 Å². The molecule has 0 saturated carbocycles. The van der Waals surface area contributed by atoms with Crippen LogP contribution in [0.25, 0.3) is 0 Å². The van der Waals surface area contributed by atoms with E-state index < -0.39 is 30.0 Å². The van der Waals surface area contributed by atoms with Crippen LogP contribution in [0.1, 0.15) is 41.8 Å². The molecule has 0 aliphatic carbocycles. The summed E-state index contributed by atoms with van der Waals surface area (Å²) >= 11 is 0. The average molecular weight is 548 g/mol. The number of hydrogen-bond acceptors (Lipinski definition) is 6. The highest BCUT2D eigenvalue weighted by Gasteiger charge is 2.23. The van der Waals surface area contributed by atoms with Gasteiger partial charge in [-0.2, -0.15) is 0 Å². The fraction of sp³-hybridized carbons (Fsp3) is 0.241. The Kier molecular flexibility index (Phi) is 11.3. The summed E-state index contributed by atoms with van der Waals surface area (Å²) in [6, 6.07) is 23.3. The summed E-state index contributed by atoms with van der Waals surface area (Å²) in [6.07, 6.45) is -0.463. The zero-order valence-electron chi connectivity index (χ0n) is 22.3. The van der Waals surface area contributed by atoms with Gasteiger partial charge in [0.25, 0.3) is 11.8 Å². The third kappa shape index (κ3) is 10.4. The van der Waals surface area contributed by atoms with E-state index in [-0.39, 0.29) is 18.1 Å². The molecular formula is C29H33N5O6. The maximum absolute atomic E-state index is 12.6. The molecule has 0 fully saturated rings. The Labute approximate surface area is 232 Å². The van der Waals surface area contributed by atoms with Gasteiger partial charge in [0.2, 0.25) is 0 Å². The van der Waals surface area contributed by atoms with E-state index in [4.69, 9.17) is 9.47 Å². The summed E-state index contributed by atoms with van der Waals surface area (Å²) in [5.41, 5.74) is 10.9. The van der Waals surface area contributed by atoms with Gasteiger partial charge in [0, 0.05) is 5.56 Å². The summed E-state index contributed by atoms with van der Waals surface area (Å²) in [7, 11) is 0. The maximum Gasteiger partial charge on any atom is 0.408 e. The van der Waals surface area contributed by atoms with Crippen LogP contribution in [0.3, 0.4) is 0 Å². The Morgan fingerprint density at radius 1 is 0.700 bits per heavy atom. The zero-order valence-corrected chi connectivity index (χ0v) is 22.3. The Bertz CT molecular complexity index is 1250. The second kappa shape index (κ2) is 15.4. The van der Waals surface area contributed by atoms with E-state index in [1.54, 1.807) is 24.3 Å². The number of carbonyl (C=O) groups excluding carboxylic acids is 4. The van der Waals surface area contributed by atoms with Crippen molar-refractivity contribution in [2.75, 3.05) is 0 Å². The van der Waals surface area contributed by atoms with Gasteiger partial charge < -0.3 is 14.8 Å². The molecule has 0 unspecified atom stereocenters. The molecule has 0 aliphatic rings. The number of alkyl carbamates (subject to hydrolysis) is 1. The van der Waals surface area contributed by atoms with Gasteiger partial charge in [0.05, 0.1) is 0 Å². The molecule has 40 heavy (non-hydrogen) atoms. The second-order valence-electron chi connectivity index (χ2n) is 9.21. The lowest BCUT2D eigenvalue weighted by atomic mass is 10.0. The van der Waals surface area contributed by atoms with E-state index >= 15 is 0 Å². The van der Waals surface area contributed by atoms with Crippen molar-refractivity contribution in [1.29, 1.82) is 0 Å². The first-order chi connectivity index (χ1) is 19.3. The molecule has 1 atom stereocenters. The monoisotopic (exact) mass is 547 g/mol. The first-order valence-electron chi connectivity index (χ1n) is 12.7. The molecule has 210 valence electrons. The molecule has 0 saturated heterocycles. The topological polar surface area (TPSA) is 147 Å². The number of ether oxygens (including phenoxy) is 2. The average Bonchev–Trinajstić information content (AvgIpc) is 2.97. The first-order valence-corrected chi connectivity index (χ1v) is 12.7. The maximum atomic E-state index is 12.6. The number of amides is 5. The molecule has 3 aromatic carbocycles. The molecule has 0 radical (unpaired) electrons.